The molecule has 0 atom stereocenters. The molecule has 0 spiro atoms. The number of nitrogens with zero attached hydrogens (tertiary/aromatic N) is 5. The lowest BCUT2D eigenvalue weighted by Gasteiger charge is -2.12. The van der Waals surface area contributed by atoms with Gasteiger partial charge in [-0.05, 0) is 29.8 Å². The molecule has 1 amide bonds. The van der Waals surface area contributed by atoms with Crippen molar-refractivity contribution in [1.29, 1.82) is 0 Å². The normalized spacial score (nSPS) is 10.9. The number of hydrogen-bond acceptors (Lipinski definition) is 8. The van der Waals surface area contributed by atoms with E-state index in [9.17, 15) is 4.79 Å². The van der Waals surface area contributed by atoms with Crippen LogP contribution >= 0.6 is 0 Å². The van der Waals surface area contributed by atoms with Crippen molar-refractivity contribution in [2.45, 2.75) is 6.54 Å². The standard InChI is InChI=1S/C23H17N7O2/c24-21-20(22(31)28-13-14-3-1-7-25-12-14)29-18(19(30-21)23-27-9-10-32-23)16-5-6-17-15(11-16)4-2-8-26-17/h1-12H,13H2,(H2,24,30)(H,28,31). The van der Waals surface area contributed by atoms with Crippen LogP contribution in [0.4, 0.5) is 5.82 Å². The number of hydrogen-bond donors (Lipinski definition) is 2. The minimum Gasteiger partial charge on any atom is -0.443 e. The number of oxazole rings is 1. The summed E-state index contributed by atoms with van der Waals surface area (Å²) in [6, 6.07) is 13.1. The van der Waals surface area contributed by atoms with Gasteiger partial charge >= 0.3 is 0 Å². The second-order valence-corrected chi connectivity index (χ2v) is 6.95. The molecule has 32 heavy (non-hydrogen) atoms. The van der Waals surface area contributed by atoms with E-state index in [1.165, 1.54) is 12.5 Å². The Hall–Kier alpha value is -4.66. The predicted octanol–water partition coefficient (Wildman–Crippen LogP) is 3.25. The lowest BCUT2D eigenvalue weighted by molar-refractivity contribution is 0.0946. The van der Waals surface area contributed by atoms with Crippen molar-refractivity contribution in [1.82, 2.24) is 30.2 Å². The summed E-state index contributed by atoms with van der Waals surface area (Å²) >= 11 is 0. The Morgan fingerprint density at radius 2 is 1.91 bits per heavy atom. The van der Waals surface area contributed by atoms with Gasteiger partial charge in [-0.2, -0.15) is 0 Å². The van der Waals surface area contributed by atoms with Crippen molar-refractivity contribution < 1.29 is 9.21 Å². The minimum absolute atomic E-state index is 0.0190. The molecule has 9 heteroatoms. The quantitative estimate of drug-likeness (QED) is 0.440. The van der Waals surface area contributed by atoms with E-state index in [0.717, 1.165) is 22.0 Å². The van der Waals surface area contributed by atoms with E-state index >= 15 is 0 Å². The van der Waals surface area contributed by atoms with Crippen LogP contribution in [0, 0.1) is 0 Å². The number of nitrogen functional groups attached to an aromatic ring is 1. The van der Waals surface area contributed by atoms with Gasteiger partial charge in [0.05, 0.1) is 11.7 Å². The van der Waals surface area contributed by atoms with Gasteiger partial charge in [0.1, 0.15) is 12.0 Å². The highest BCUT2D eigenvalue weighted by Crippen LogP contribution is 2.31. The van der Waals surface area contributed by atoms with Gasteiger partial charge in [-0.3, -0.25) is 14.8 Å². The Morgan fingerprint density at radius 3 is 2.72 bits per heavy atom. The molecular weight excluding hydrogens is 406 g/mol. The first-order chi connectivity index (χ1) is 15.7. The molecule has 0 saturated carbocycles. The smallest absolute Gasteiger partial charge is 0.274 e. The molecule has 0 fully saturated rings. The molecule has 0 saturated heterocycles. The number of anilines is 1. The highest BCUT2D eigenvalue weighted by Gasteiger charge is 2.22. The molecule has 4 heterocycles. The third kappa shape index (κ3) is 3.74. The maximum Gasteiger partial charge on any atom is 0.274 e. The van der Waals surface area contributed by atoms with Crippen molar-refractivity contribution in [2.75, 3.05) is 5.73 Å². The minimum atomic E-state index is -0.443. The van der Waals surface area contributed by atoms with E-state index in [0.29, 0.717) is 11.4 Å². The number of pyridine rings is 2. The maximum absolute atomic E-state index is 12.9. The molecule has 0 aliphatic carbocycles. The van der Waals surface area contributed by atoms with E-state index in [1.807, 2.05) is 36.4 Å². The first-order valence-electron chi connectivity index (χ1n) is 9.78. The van der Waals surface area contributed by atoms with Gasteiger partial charge in [-0.25, -0.2) is 15.0 Å². The average molecular weight is 423 g/mol. The van der Waals surface area contributed by atoms with Crippen molar-refractivity contribution in [3.05, 3.63) is 84.8 Å². The van der Waals surface area contributed by atoms with Crippen LogP contribution in [-0.4, -0.2) is 30.8 Å². The molecule has 4 aromatic heterocycles. The summed E-state index contributed by atoms with van der Waals surface area (Å²) in [4.78, 5) is 34.4. The zero-order valence-corrected chi connectivity index (χ0v) is 16.8. The first kappa shape index (κ1) is 19.3. The molecule has 9 nitrogen and oxygen atoms in total. The Bertz CT molecular complexity index is 1400. The van der Waals surface area contributed by atoms with Gasteiger partial charge < -0.3 is 15.5 Å². The summed E-state index contributed by atoms with van der Waals surface area (Å²) in [5.41, 5.74) is 9.33. The van der Waals surface area contributed by atoms with Crippen LogP contribution < -0.4 is 11.1 Å². The SMILES string of the molecule is Nc1nc(-c2ncco2)c(-c2ccc3ncccc3c2)nc1C(=O)NCc1cccnc1. The molecule has 5 rings (SSSR count). The summed E-state index contributed by atoms with van der Waals surface area (Å²) in [5.74, 6) is -0.206. The van der Waals surface area contributed by atoms with Crippen molar-refractivity contribution in [3.63, 3.8) is 0 Å². The summed E-state index contributed by atoms with van der Waals surface area (Å²) < 4.78 is 5.44. The second-order valence-electron chi connectivity index (χ2n) is 6.95. The molecule has 3 N–H and O–H groups in total. The van der Waals surface area contributed by atoms with Crippen LogP contribution in [0.1, 0.15) is 16.1 Å². The second kappa shape index (κ2) is 8.23. The van der Waals surface area contributed by atoms with Crippen LogP contribution in [0.5, 0.6) is 0 Å². The number of benzene rings is 1. The molecule has 156 valence electrons. The fourth-order valence-electron chi connectivity index (χ4n) is 3.30. The fourth-order valence-corrected chi connectivity index (χ4v) is 3.30. The van der Waals surface area contributed by atoms with Gasteiger partial charge in [0.2, 0.25) is 5.89 Å². The zero-order chi connectivity index (χ0) is 21.9. The van der Waals surface area contributed by atoms with Crippen molar-refractivity contribution in [2.24, 2.45) is 0 Å². The Balaban J connectivity index is 1.57. The lowest BCUT2D eigenvalue weighted by Crippen LogP contribution is -2.26. The van der Waals surface area contributed by atoms with Crippen LogP contribution in [0.3, 0.4) is 0 Å². The van der Waals surface area contributed by atoms with E-state index in [1.54, 1.807) is 24.7 Å². The summed E-state index contributed by atoms with van der Waals surface area (Å²) in [5, 5.41) is 3.73. The Morgan fingerprint density at radius 1 is 1.00 bits per heavy atom. The third-order valence-corrected chi connectivity index (χ3v) is 4.83. The molecule has 5 aromatic rings. The number of amides is 1. The number of carbonyl (C=O) groups excluding carboxylic acids is 1. The Labute approximate surface area is 182 Å². The molecule has 0 bridgehead atoms. The van der Waals surface area contributed by atoms with E-state index < -0.39 is 5.91 Å². The molecule has 1 aromatic carbocycles. The zero-order valence-electron chi connectivity index (χ0n) is 16.8. The fraction of sp³-hybridized carbons (Fsp3) is 0.0435. The van der Waals surface area contributed by atoms with Crippen molar-refractivity contribution in [3.8, 4) is 22.8 Å². The number of rotatable bonds is 5. The topological polar surface area (TPSA) is 133 Å². The van der Waals surface area contributed by atoms with Gasteiger partial charge in [-0.15, -0.1) is 0 Å². The highest BCUT2D eigenvalue weighted by molar-refractivity contribution is 5.98. The lowest BCUT2D eigenvalue weighted by atomic mass is 10.1. The van der Waals surface area contributed by atoms with E-state index in [4.69, 9.17) is 10.2 Å². The molecule has 0 aliphatic heterocycles. The maximum atomic E-state index is 12.9. The van der Waals surface area contributed by atoms with Crippen molar-refractivity contribution >= 4 is 22.6 Å². The van der Waals surface area contributed by atoms with Gasteiger partial charge in [0, 0.05) is 36.1 Å². The highest BCUT2D eigenvalue weighted by atomic mass is 16.3. The molecule has 0 aliphatic rings. The number of carbonyl (C=O) groups is 1. The number of fused-ring (bicyclic) bond motifs is 1. The van der Waals surface area contributed by atoms with Crippen LogP contribution in [0.25, 0.3) is 33.7 Å². The van der Waals surface area contributed by atoms with Gasteiger partial charge in [0.15, 0.2) is 17.2 Å². The van der Waals surface area contributed by atoms with Crippen LogP contribution in [-0.2, 0) is 6.54 Å². The molecular formula is C23H17N7O2. The largest absolute Gasteiger partial charge is 0.443 e. The molecule has 0 radical (unpaired) electrons. The first-order valence-corrected chi connectivity index (χ1v) is 9.78. The Kier molecular flexibility index (Phi) is 4.97. The van der Waals surface area contributed by atoms with Gasteiger partial charge in [0.25, 0.3) is 5.91 Å². The number of aromatic nitrogens is 5. The van der Waals surface area contributed by atoms with Crippen LogP contribution in [0.15, 0.2) is 77.9 Å². The van der Waals surface area contributed by atoms with E-state index in [-0.39, 0.29) is 23.9 Å². The summed E-state index contributed by atoms with van der Waals surface area (Å²) in [7, 11) is 0. The average Bonchev–Trinajstić information content (AvgIpc) is 3.38. The predicted molar refractivity (Wildman–Crippen MR) is 118 cm³/mol. The monoisotopic (exact) mass is 423 g/mol. The number of nitrogens with two attached hydrogens (primary N) is 1. The summed E-state index contributed by atoms with van der Waals surface area (Å²) in [6.07, 6.45) is 8.02. The number of nitrogens with one attached hydrogen (secondary N) is 1. The summed E-state index contributed by atoms with van der Waals surface area (Å²) in [6.45, 7) is 0.284. The molecule has 0 unspecified atom stereocenters. The third-order valence-electron chi connectivity index (χ3n) is 4.83. The van der Waals surface area contributed by atoms with Crippen LogP contribution in [0.2, 0.25) is 0 Å². The van der Waals surface area contributed by atoms with E-state index in [2.05, 4.69) is 30.2 Å². The van der Waals surface area contributed by atoms with Gasteiger partial charge in [-0.1, -0.05) is 18.2 Å².